The van der Waals surface area contributed by atoms with E-state index in [0.717, 1.165) is 77.2 Å². The minimum atomic E-state index is -0.647. The van der Waals surface area contributed by atoms with E-state index in [1.165, 1.54) is 7.11 Å². The fourth-order valence-electron chi connectivity index (χ4n) is 5.83. The zero-order valence-electron chi connectivity index (χ0n) is 27.6. The largest absolute Gasteiger partial charge is 0.453 e. The number of hydrogen-bond donors (Lipinski definition) is 5. The van der Waals surface area contributed by atoms with Crippen LogP contribution in [0.15, 0.2) is 48.7 Å². The summed E-state index contributed by atoms with van der Waals surface area (Å²) in [5.74, 6) is 7.84. The van der Waals surface area contributed by atoms with Gasteiger partial charge in [-0.25, -0.2) is 14.8 Å². The van der Waals surface area contributed by atoms with Crippen molar-refractivity contribution in [2.45, 2.75) is 77.0 Å². The number of aryl methyl sites for hydroxylation is 1. The number of aromatic amines is 2. The fraction of sp³-hybridized carbons (Fsp3) is 0.417. The molecule has 1 fully saturated rings. The van der Waals surface area contributed by atoms with E-state index < -0.39 is 18.2 Å². The Morgan fingerprint density at radius 2 is 1.88 bits per heavy atom. The van der Waals surface area contributed by atoms with Gasteiger partial charge in [-0.15, -0.1) is 0 Å². The molecular formula is C36H43N7O5. The van der Waals surface area contributed by atoms with Crippen molar-refractivity contribution in [1.29, 1.82) is 0 Å². The molecular weight excluding hydrogens is 610 g/mol. The maximum absolute atomic E-state index is 13.2. The Bertz CT molecular complexity index is 1780. The van der Waals surface area contributed by atoms with Gasteiger partial charge in [0.1, 0.15) is 17.7 Å². The van der Waals surface area contributed by atoms with Crippen molar-refractivity contribution >= 4 is 28.9 Å². The number of carbonyl (C=O) groups excluding carboxylic acids is 3. The molecule has 12 heteroatoms. The molecule has 3 unspecified atom stereocenters. The molecule has 0 spiro atoms. The molecule has 3 heterocycles. The van der Waals surface area contributed by atoms with Crippen molar-refractivity contribution in [2.24, 2.45) is 0 Å². The molecule has 5 rings (SSSR count). The second-order valence-electron chi connectivity index (χ2n) is 12.1. The number of hydrogen-bond acceptors (Lipinski definition) is 7. The number of aliphatic hydroxyl groups is 1. The van der Waals surface area contributed by atoms with Gasteiger partial charge in [0.2, 0.25) is 11.8 Å². The van der Waals surface area contributed by atoms with Crippen LogP contribution < -0.4 is 10.6 Å². The van der Waals surface area contributed by atoms with Gasteiger partial charge in [-0.3, -0.25) is 9.59 Å². The summed E-state index contributed by atoms with van der Waals surface area (Å²) in [6.07, 6.45) is 5.26. The number of aromatic nitrogens is 4. The average molecular weight is 654 g/mol. The van der Waals surface area contributed by atoms with Crippen LogP contribution in [0.1, 0.15) is 81.2 Å². The van der Waals surface area contributed by atoms with E-state index >= 15 is 0 Å². The molecule has 4 aromatic rings. The summed E-state index contributed by atoms with van der Waals surface area (Å²) < 4.78 is 4.69. The predicted molar refractivity (Wildman–Crippen MR) is 182 cm³/mol. The van der Waals surface area contributed by atoms with E-state index in [1.54, 1.807) is 18.0 Å². The van der Waals surface area contributed by atoms with Gasteiger partial charge >= 0.3 is 6.09 Å². The smallest absolute Gasteiger partial charge is 0.407 e. The lowest BCUT2D eigenvalue weighted by Crippen LogP contribution is -2.48. The lowest BCUT2D eigenvalue weighted by molar-refractivity contribution is -0.134. The van der Waals surface area contributed by atoms with Crippen LogP contribution in [0.3, 0.4) is 0 Å². The second kappa shape index (κ2) is 16.1. The first-order valence-corrected chi connectivity index (χ1v) is 16.5. The summed E-state index contributed by atoms with van der Waals surface area (Å²) in [5, 5.41) is 14.7. The van der Waals surface area contributed by atoms with Gasteiger partial charge in [-0.1, -0.05) is 30.9 Å². The van der Waals surface area contributed by atoms with Crippen LogP contribution >= 0.6 is 0 Å². The van der Waals surface area contributed by atoms with Crippen molar-refractivity contribution < 1.29 is 24.2 Å². The highest BCUT2D eigenvalue weighted by Gasteiger charge is 2.35. The standard InChI is InChI=1S/C36H43N7O5/c1-4-27(42-36(47)48-3)35(46)43-19-7-8-31(43)34-38-22-30(41-34)26-15-12-24(13-16-26)10-11-25-14-17-28-29(21-25)40-32(39-28)9-5-6-18-37-33(45)20-23(2)44/h12-17,21-23,27,31,44H,4-9,18-20H2,1-3H3,(H,37,45)(H,38,41)(H,39,40)(H,42,47). The average Bonchev–Trinajstić information content (AvgIpc) is 3.85. The summed E-state index contributed by atoms with van der Waals surface area (Å²) in [4.78, 5) is 54.5. The molecule has 2 aromatic carbocycles. The third kappa shape index (κ3) is 8.80. The van der Waals surface area contributed by atoms with Crippen LogP contribution in [-0.4, -0.2) is 80.2 Å². The third-order valence-electron chi connectivity index (χ3n) is 8.35. The first kappa shape index (κ1) is 34.2. The number of imidazole rings is 2. The van der Waals surface area contributed by atoms with Crippen LogP contribution in [0.5, 0.6) is 0 Å². The monoisotopic (exact) mass is 653 g/mol. The normalized spacial score (nSPS) is 15.4. The van der Waals surface area contributed by atoms with E-state index in [2.05, 4.69) is 47.1 Å². The van der Waals surface area contributed by atoms with Crippen molar-refractivity contribution in [1.82, 2.24) is 35.5 Å². The number of methoxy groups -OCH3 is 1. The van der Waals surface area contributed by atoms with Crippen molar-refractivity contribution in [2.75, 3.05) is 20.2 Å². The molecule has 1 aliphatic heterocycles. The highest BCUT2D eigenvalue weighted by atomic mass is 16.5. The van der Waals surface area contributed by atoms with Gasteiger partial charge in [-0.05, 0) is 74.9 Å². The fourth-order valence-corrected chi connectivity index (χ4v) is 5.83. The molecule has 252 valence electrons. The summed E-state index contributed by atoms with van der Waals surface area (Å²) in [7, 11) is 1.28. The van der Waals surface area contributed by atoms with Crippen LogP contribution in [0.4, 0.5) is 4.79 Å². The van der Waals surface area contributed by atoms with Crippen LogP contribution in [-0.2, 0) is 20.7 Å². The highest BCUT2D eigenvalue weighted by molar-refractivity contribution is 5.86. The molecule has 48 heavy (non-hydrogen) atoms. The maximum atomic E-state index is 13.2. The van der Waals surface area contributed by atoms with E-state index in [4.69, 9.17) is 0 Å². The van der Waals surface area contributed by atoms with E-state index in [1.807, 2.05) is 49.4 Å². The Kier molecular flexibility index (Phi) is 11.5. The summed E-state index contributed by atoms with van der Waals surface area (Å²) in [6, 6.07) is 13.0. The van der Waals surface area contributed by atoms with E-state index in [0.29, 0.717) is 19.5 Å². The Labute approximate surface area is 280 Å². The number of benzene rings is 2. The van der Waals surface area contributed by atoms with Crippen LogP contribution in [0.25, 0.3) is 22.3 Å². The number of nitrogens with zero attached hydrogens (tertiary/aromatic N) is 3. The molecule has 0 aliphatic carbocycles. The SMILES string of the molecule is CCC(NC(=O)OC)C(=O)N1CCCC1c1ncc(-c2ccc(C#Cc3ccc4nc(CCCCNC(=O)CC(C)O)[nH]c4c3)cc2)[nH]1. The highest BCUT2D eigenvalue weighted by Crippen LogP contribution is 2.32. The Morgan fingerprint density at radius 1 is 1.10 bits per heavy atom. The topological polar surface area (TPSA) is 165 Å². The number of carbonyl (C=O) groups is 3. The van der Waals surface area contributed by atoms with Crippen molar-refractivity contribution in [3.8, 4) is 23.1 Å². The third-order valence-corrected chi connectivity index (χ3v) is 8.35. The Hall–Kier alpha value is -5.15. The number of likely N-dealkylation sites (tertiary alicyclic amines) is 1. The zero-order valence-corrected chi connectivity index (χ0v) is 27.6. The Morgan fingerprint density at radius 3 is 2.62 bits per heavy atom. The molecule has 0 saturated carbocycles. The molecule has 12 nitrogen and oxygen atoms in total. The minimum Gasteiger partial charge on any atom is -0.453 e. The Balaban J connectivity index is 1.16. The second-order valence-corrected chi connectivity index (χ2v) is 12.1. The summed E-state index contributed by atoms with van der Waals surface area (Å²) >= 11 is 0. The zero-order chi connectivity index (χ0) is 34.0. The van der Waals surface area contributed by atoms with Gasteiger partial charge in [0.15, 0.2) is 0 Å². The number of aliphatic hydroxyl groups excluding tert-OH is 1. The predicted octanol–water partition coefficient (Wildman–Crippen LogP) is 4.36. The first-order valence-electron chi connectivity index (χ1n) is 16.5. The number of nitrogens with one attached hydrogen (secondary N) is 4. The number of fused-ring (bicyclic) bond motifs is 1. The molecule has 0 bridgehead atoms. The number of rotatable bonds is 12. The lowest BCUT2D eigenvalue weighted by atomic mass is 10.1. The molecule has 3 amide bonds. The van der Waals surface area contributed by atoms with Crippen LogP contribution in [0.2, 0.25) is 0 Å². The molecule has 0 radical (unpaired) electrons. The van der Waals surface area contributed by atoms with Gasteiger partial charge in [0.05, 0.1) is 48.6 Å². The number of unbranched alkanes of at least 4 members (excludes halogenated alkanes) is 1. The van der Waals surface area contributed by atoms with Gasteiger partial charge < -0.3 is 35.3 Å². The first-order chi connectivity index (χ1) is 23.2. The van der Waals surface area contributed by atoms with E-state index in [9.17, 15) is 19.5 Å². The summed E-state index contributed by atoms with van der Waals surface area (Å²) in [5.41, 5.74) is 5.38. The molecule has 5 N–H and O–H groups in total. The minimum absolute atomic E-state index is 0.123. The van der Waals surface area contributed by atoms with Crippen molar-refractivity contribution in [3.63, 3.8) is 0 Å². The molecule has 1 aliphatic rings. The number of alkyl carbamates (subject to hydrolysis) is 1. The van der Waals surface area contributed by atoms with Gasteiger partial charge in [0.25, 0.3) is 0 Å². The molecule has 2 aromatic heterocycles. The maximum Gasteiger partial charge on any atom is 0.407 e. The summed E-state index contributed by atoms with van der Waals surface area (Å²) in [6.45, 7) is 4.64. The quantitative estimate of drug-likeness (QED) is 0.112. The number of H-pyrrole nitrogens is 2. The molecule has 1 saturated heterocycles. The van der Waals surface area contributed by atoms with Gasteiger partial charge in [-0.2, -0.15) is 0 Å². The van der Waals surface area contributed by atoms with Crippen molar-refractivity contribution in [3.05, 3.63) is 71.4 Å². The van der Waals surface area contributed by atoms with E-state index in [-0.39, 0.29) is 24.3 Å². The van der Waals surface area contributed by atoms with Gasteiger partial charge in [0, 0.05) is 30.6 Å². The number of amides is 3. The lowest BCUT2D eigenvalue weighted by Gasteiger charge is -2.27. The molecule has 3 atom stereocenters. The number of ether oxygens (including phenoxy) is 1. The van der Waals surface area contributed by atoms with Crippen LogP contribution in [0, 0.1) is 11.8 Å².